The molecule has 0 saturated heterocycles. The Morgan fingerprint density at radius 2 is 1.95 bits per heavy atom. The van der Waals surface area contributed by atoms with Gasteiger partial charge in [-0.25, -0.2) is 0 Å². The van der Waals surface area contributed by atoms with E-state index in [2.05, 4.69) is 16.8 Å². The summed E-state index contributed by atoms with van der Waals surface area (Å²) >= 11 is 0. The summed E-state index contributed by atoms with van der Waals surface area (Å²) in [5, 5.41) is 25.8. The number of benzene rings is 2. The van der Waals surface area contributed by atoms with Crippen molar-refractivity contribution in [2.45, 2.75) is 70.9 Å². The smallest absolute Gasteiger partial charge is 0.504 e. The summed E-state index contributed by atoms with van der Waals surface area (Å²) in [5.41, 5.74) is 2.90. The maximum Gasteiger partial charge on any atom is 0.573 e. The molecule has 2 N–H and O–H groups in total. The quantitative estimate of drug-likeness (QED) is 0.439. The molecule has 0 spiro atoms. The molecule has 9 heteroatoms. The third-order valence-electron chi connectivity index (χ3n) is 8.50. The molecular formula is C28H32F3NO5. The molecule has 200 valence electrons. The molecule has 2 saturated carbocycles. The Hall–Kier alpha value is -2.94. The standard InChI is InChI=1S/C28H32F3NO5/c1-3-35-25-14-19-18-9-10-27(2)22(7-8-26(27)34)20(18)12-23(21(19)13-24(25)33)32-36-15-16-5-4-6-17(11-16)37-28(29,30)31/h4-6,11,13-14,18,20,22,26,33-34H,3,7-10,12,15H2,1-2H3/t18-,20-,22+,26+,27+/m1/s1. The van der Waals surface area contributed by atoms with Crippen molar-refractivity contribution in [2.75, 3.05) is 6.61 Å². The number of fused-ring (bicyclic) bond motifs is 5. The second kappa shape index (κ2) is 9.74. The van der Waals surface area contributed by atoms with Crippen molar-refractivity contribution < 1.29 is 37.7 Å². The van der Waals surface area contributed by atoms with Crippen LogP contribution in [-0.2, 0) is 11.4 Å². The molecule has 0 unspecified atom stereocenters. The minimum atomic E-state index is -4.77. The van der Waals surface area contributed by atoms with Crippen LogP contribution in [0, 0.1) is 17.3 Å². The summed E-state index contributed by atoms with van der Waals surface area (Å²) in [6.07, 6.45) is -0.855. The Morgan fingerprint density at radius 3 is 2.70 bits per heavy atom. The average Bonchev–Trinajstić information content (AvgIpc) is 3.14. The number of hydrogen-bond acceptors (Lipinski definition) is 6. The number of aliphatic hydroxyl groups is 1. The highest BCUT2D eigenvalue weighted by atomic mass is 19.4. The number of halogens is 3. The van der Waals surface area contributed by atoms with E-state index in [1.165, 1.54) is 18.2 Å². The fraction of sp³-hybridized carbons (Fsp3) is 0.536. The van der Waals surface area contributed by atoms with Crippen molar-refractivity contribution in [1.29, 1.82) is 0 Å². The highest BCUT2D eigenvalue weighted by molar-refractivity contribution is 6.03. The van der Waals surface area contributed by atoms with Gasteiger partial charge in [0.05, 0.1) is 18.4 Å². The normalized spacial score (nSPS) is 29.8. The zero-order chi connectivity index (χ0) is 26.4. The number of hydrogen-bond donors (Lipinski definition) is 2. The topological polar surface area (TPSA) is 80.5 Å². The van der Waals surface area contributed by atoms with Gasteiger partial charge < -0.3 is 24.5 Å². The molecule has 2 aromatic carbocycles. The number of nitrogens with zero attached hydrogens (tertiary/aromatic N) is 1. The van der Waals surface area contributed by atoms with Crippen LogP contribution in [0.3, 0.4) is 0 Å². The molecule has 2 aromatic rings. The molecule has 0 aliphatic heterocycles. The molecule has 0 bridgehead atoms. The second-order valence-electron chi connectivity index (χ2n) is 10.6. The summed E-state index contributed by atoms with van der Waals surface area (Å²) in [4.78, 5) is 5.64. The van der Waals surface area contributed by atoms with Crippen LogP contribution in [0.4, 0.5) is 13.2 Å². The molecule has 6 nitrogen and oxygen atoms in total. The van der Waals surface area contributed by atoms with Gasteiger partial charge >= 0.3 is 6.36 Å². The zero-order valence-corrected chi connectivity index (χ0v) is 20.9. The third-order valence-corrected chi connectivity index (χ3v) is 8.50. The van der Waals surface area contributed by atoms with E-state index >= 15 is 0 Å². The molecule has 37 heavy (non-hydrogen) atoms. The molecule has 3 aliphatic carbocycles. The molecular weight excluding hydrogens is 487 g/mol. The highest BCUT2D eigenvalue weighted by Crippen LogP contribution is 2.61. The van der Waals surface area contributed by atoms with Crippen molar-refractivity contribution in [3.63, 3.8) is 0 Å². The van der Waals surface area contributed by atoms with Gasteiger partial charge in [0.1, 0.15) is 12.4 Å². The van der Waals surface area contributed by atoms with Crippen LogP contribution in [-0.4, -0.2) is 35.0 Å². The molecule has 5 rings (SSSR count). The van der Waals surface area contributed by atoms with E-state index in [-0.39, 0.29) is 41.5 Å². The SMILES string of the molecule is CCOc1cc2c(cc1O)C(=NOCc1cccc(OC(F)(F)F)c1)C[C@@H]1[C@@H]2CC[C@]2(C)[C@@H](O)CC[C@@H]12. The maximum atomic E-state index is 12.6. The lowest BCUT2D eigenvalue weighted by Gasteiger charge is -2.50. The maximum absolute atomic E-state index is 12.6. The van der Waals surface area contributed by atoms with Gasteiger partial charge in [-0.1, -0.05) is 24.2 Å². The van der Waals surface area contributed by atoms with Gasteiger partial charge in [0.15, 0.2) is 11.5 Å². The van der Waals surface area contributed by atoms with Crippen molar-refractivity contribution in [1.82, 2.24) is 0 Å². The molecule has 0 heterocycles. The minimum absolute atomic E-state index is 0.0284. The molecule has 3 aliphatic rings. The number of ether oxygens (including phenoxy) is 2. The van der Waals surface area contributed by atoms with E-state index in [9.17, 15) is 23.4 Å². The van der Waals surface area contributed by atoms with Crippen molar-refractivity contribution in [2.24, 2.45) is 22.4 Å². The molecule has 0 aromatic heterocycles. The molecule has 5 atom stereocenters. The highest BCUT2D eigenvalue weighted by Gasteiger charge is 2.55. The first-order valence-electron chi connectivity index (χ1n) is 12.8. The first-order valence-corrected chi connectivity index (χ1v) is 12.8. The summed E-state index contributed by atoms with van der Waals surface area (Å²) in [6.45, 7) is 4.44. The molecule has 0 radical (unpaired) electrons. The Balaban J connectivity index is 1.44. The Morgan fingerprint density at radius 1 is 1.14 bits per heavy atom. The predicted octanol–water partition coefficient (Wildman–Crippen LogP) is 6.28. The van der Waals surface area contributed by atoms with E-state index in [0.29, 0.717) is 36.0 Å². The predicted molar refractivity (Wildman–Crippen MR) is 131 cm³/mol. The Labute approximate surface area is 214 Å². The first-order chi connectivity index (χ1) is 17.6. The summed E-state index contributed by atoms with van der Waals surface area (Å²) in [6, 6.07) is 9.19. The van der Waals surface area contributed by atoms with Gasteiger partial charge in [-0.05, 0) is 97.6 Å². The number of rotatable bonds is 6. The largest absolute Gasteiger partial charge is 0.573 e. The Bertz CT molecular complexity index is 1180. The number of aliphatic hydroxyl groups excluding tert-OH is 1. The van der Waals surface area contributed by atoms with Crippen molar-refractivity contribution >= 4 is 5.71 Å². The van der Waals surface area contributed by atoms with Gasteiger partial charge in [0, 0.05) is 5.56 Å². The zero-order valence-electron chi connectivity index (χ0n) is 20.9. The van der Waals surface area contributed by atoms with E-state index in [0.717, 1.165) is 36.8 Å². The van der Waals surface area contributed by atoms with Crippen LogP contribution in [0.1, 0.15) is 68.6 Å². The Kier molecular flexibility index (Phi) is 6.77. The fourth-order valence-electron chi connectivity index (χ4n) is 6.78. The van der Waals surface area contributed by atoms with Gasteiger partial charge in [0.2, 0.25) is 0 Å². The van der Waals surface area contributed by atoms with E-state index in [4.69, 9.17) is 9.57 Å². The number of alkyl halides is 3. The fourth-order valence-corrected chi connectivity index (χ4v) is 6.78. The van der Waals surface area contributed by atoms with E-state index in [1.54, 1.807) is 12.1 Å². The number of phenolic OH excluding ortho intramolecular Hbond substituents is 1. The van der Waals surface area contributed by atoms with Gasteiger partial charge in [0.25, 0.3) is 0 Å². The van der Waals surface area contributed by atoms with E-state index < -0.39 is 6.36 Å². The first kappa shape index (κ1) is 25.7. The van der Waals surface area contributed by atoms with Crippen LogP contribution in [0.15, 0.2) is 41.6 Å². The summed E-state index contributed by atoms with van der Waals surface area (Å²) < 4.78 is 47.4. The van der Waals surface area contributed by atoms with Gasteiger partial charge in [-0.15, -0.1) is 13.2 Å². The number of oxime groups is 1. The molecule has 0 amide bonds. The summed E-state index contributed by atoms with van der Waals surface area (Å²) in [7, 11) is 0. The van der Waals surface area contributed by atoms with E-state index in [1.807, 2.05) is 13.0 Å². The average molecular weight is 520 g/mol. The second-order valence-corrected chi connectivity index (χ2v) is 10.6. The van der Waals surface area contributed by atoms with Crippen LogP contribution < -0.4 is 9.47 Å². The van der Waals surface area contributed by atoms with Crippen LogP contribution in [0.25, 0.3) is 0 Å². The van der Waals surface area contributed by atoms with Crippen molar-refractivity contribution in [3.05, 3.63) is 53.1 Å². The lowest BCUT2D eigenvalue weighted by molar-refractivity contribution is -0.274. The lowest BCUT2D eigenvalue weighted by Crippen LogP contribution is -2.45. The van der Waals surface area contributed by atoms with Crippen LogP contribution >= 0.6 is 0 Å². The molecule has 2 fully saturated rings. The third kappa shape index (κ3) is 4.98. The number of phenols is 1. The van der Waals surface area contributed by atoms with Crippen LogP contribution in [0.5, 0.6) is 17.2 Å². The number of aromatic hydroxyl groups is 1. The minimum Gasteiger partial charge on any atom is -0.504 e. The lowest BCUT2D eigenvalue weighted by atomic mass is 9.55. The van der Waals surface area contributed by atoms with Gasteiger partial charge in [-0.2, -0.15) is 0 Å². The van der Waals surface area contributed by atoms with Crippen LogP contribution in [0.2, 0.25) is 0 Å². The van der Waals surface area contributed by atoms with Crippen molar-refractivity contribution in [3.8, 4) is 17.2 Å². The van der Waals surface area contributed by atoms with Gasteiger partial charge in [-0.3, -0.25) is 0 Å². The monoisotopic (exact) mass is 519 g/mol. The summed E-state index contributed by atoms with van der Waals surface area (Å²) in [5.74, 6) is 0.993.